The number of benzene rings is 10. The summed E-state index contributed by atoms with van der Waals surface area (Å²) >= 11 is 0. The predicted molar refractivity (Wildman–Crippen MR) is 241 cm³/mol. The van der Waals surface area contributed by atoms with Crippen LogP contribution in [0.25, 0.3) is 92.9 Å². The van der Waals surface area contributed by atoms with Gasteiger partial charge in [-0.15, -0.1) is 0 Å². The Bertz CT molecular complexity index is 3540. The third-order valence-electron chi connectivity index (χ3n) is 11.7. The molecule has 0 unspecified atom stereocenters. The van der Waals surface area contributed by atoms with Crippen molar-refractivity contribution in [2.45, 2.75) is 0 Å². The third kappa shape index (κ3) is 4.99. The normalized spacial score (nSPS) is 11.9. The molecular weight excluding hydrogens is 693 g/mol. The second-order valence-corrected chi connectivity index (χ2v) is 15.0. The van der Waals surface area contributed by atoms with Crippen molar-refractivity contribution in [3.63, 3.8) is 0 Å². The molecule has 0 bridgehead atoms. The first kappa shape index (κ1) is 31.7. The Morgan fingerprint density at radius 1 is 0.368 bits per heavy atom. The van der Waals surface area contributed by atoms with Crippen LogP contribution in [0.3, 0.4) is 0 Å². The average molecular weight is 727 g/mol. The second-order valence-electron chi connectivity index (χ2n) is 15.0. The number of hydrogen-bond acceptors (Lipinski definition) is 2. The van der Waals surface area contributed by atoms with Crippen LogP contribution in [0.2, 0.25) is 0 Å². The van der Waals surface area contributed by atoms with E-state index in [-0.39, 0.29) is 0 Å². The average Bonchev–Trinajstić information content (AvgIpc) is 3.81. The van der Waals surface area contributed by atoms with Gasteiger partial charge in [0.05, 0.1) is 22.1 Å². The lowest BCUT2D eigenvalue weighted by atomic mass is 10.0. The van der Waals surface area contributed by atoms with Gasteiger partial charge in [-0.05, 0) is 98.7 Å². The van der Waals surface area contributed by atoms with Crippen LogP contribution in [0.5, 0.6) is 0 Å². The molecular formula is C54H34N2O. The number of anilines is 3. The predicted octanol–water partition coefficient (Wildman–Crippen LogP) is 15.3. The van der Waals surface area contributed by atoms with Crippen molar-refractivity contribution < 1.29 is 4.42 Å². The van der Waals surface area contributed by atoms with Crippen molar-refractivity contribution in [1.82, 2.24) is 4.57 Å². The maximum atomic E-state index is 6.65. The summed E-state index contributed by atoms with van der Waals surface area (Å²) in [7, 11) is 0. The van der Waals surface area contributed by atoms with Crippen molar-refractivity contribution in [3.8, 4) is 16.8 Å². The number of furan rings is 1. The highest BCUT2D eigenvalue weighted by Crippen LogP contribution is 2.46. The lowest BCUT2D eigenvalue weighted by molar-refractivity contribution is 0.669. The Morgan fingerprint density at radius 3 is 1.89 bits per heavy atom. The molecule has 57 heavy (non-hydrogen) atoms. The molecule has 266 valence electrons. The maximum Gasteiger partial charge on any atom is 0.137 e. The molecule has 0 saturated carbocycles. The third-order valence-corrected chi connectivity index (χ3v) is 11.7. The smallest absolute Gasteiger partial charge is 0.137 e. The molecule has 3 heteroatoms. The van der Waals surface area contributed by atoms with Gasteiger partial charge in [-0.1, -0.05) is 146 Å². The van der Waals surface area contributed by atoms with E-state index in [4.69, 9.17) is 4.42 Å². The van der Waals surface area contributed by atoms with Crippen LogP contribution in [0.15, 0.2) is 211 Å². The summed E-state index contributed by atoms with van der Waals surface area (Å²) in [5.74, 6) is 0. The molecule has 0 aliphatic rings. The summed E-state index contributed by atoms with van der Waals surface area (Å²) in [5.41, 5.74) is 10.8. The second kappa shape index (κ2) is 12.5. The van der Waals surface area contributed by atoms with Crippen LogP contribution in [0, 0.1) is 0 Å². The number of rotatable bonds is 5. The molecule has 12 rings (SSSR count). The van der Waals surface area contributed by atoms with Gasteiger partial charge < -0.3 is 13.9 Å². The van der Waals surface area contributed by atoms with Gasteiger partial charge in [-0.3, -0.25) is 0 Å². The first-order valence-corrected chi connectivity index (χ1v) is 19.5. The van der Waals surface area contributed by atoms with Gasteiger partial charge in [0, 0.05) is 38.6 Å². The molecule has 0 aliphatic carbocycles. The van der Waals surface area contributed by atoms with Crippen LogP contribution in [0.4, 0.5) is 17.1 Å². The molecule has 0 saturated heterocycles. The molecule has 2 heterocycles. The Morgan fingerprint density at radius 2 is 1.04 bits per heavy atom. The Balaban J connectivity index is 1.17. The quantitative estimate of drug-likeness (QED) is 0.176. The summed E-state index contributed by atoms with van der Waals surface area (Å²) < 4.78 is 9.12. The van der Waals surface area contributed by atoms with Gasteiger partial charge in [0.15, 0.2) is 0 Å². The van der Waals surface area contributed by atoms with Gasteiger partial charge >= 0.3 is 0 Å². The monoisotopic (exact) mass is 726 g/mol. The van der Waals surface area contributed by atoms with E-state index < -0.39 is 0 Å². The van der Waals surface area contributed by atoms with E-state index in [1.54, 1.807) is 0 Å². The highest BCUT2D eigenvalue weighted by molar-refractivity contribution is 6.20. The number of hydrogen-bond donors (Lipinski definition) is 0. The van der Waals surface area contributed by atoms with E-state index in [2.05, 4.69) is 216 Å². The largest absolute Gasteiger partial charge is 0.456 e. The first-order valence-electron chi connectivity index (χ1n) is 19.5. The van der Waals surface area contributed by atoms with E-state index in [0.717, 1.165) is 61.2 Å². The van der Waals surface area contributed by atoms with Crippen LogP contribution < -0.4 is 4.90 Å². The van der Waals surface area contributed by atoms with Crippen LogP contribution in [-0.2, 0) is 0 Å². The molecule has 0 fully saturated rings. The summed E-state index contributed by atoms with van der Waals surface area (Å²) in [6.45, 7) is 0. The van der Waals surface area contributed by atoms with E-state index in [0.29, 0.717) is 0 Å². The summed E-state index contributed by atoms with van der Waals surface area (Å²) in [6.07, 6.45) is 0. The Labute approximate surface area is 328 Å². The molecule has 0 spiro atoms. The zero-order chi connectivity index (χ0) is 37.5. The minimum Gasteiger partial charge on any atom is -0.456 e. The fourth-order valence-electron chi connectivity index (χ4n) is 9.05. The highest BCUT2D eigenvalue weighted by Gasteiger charge is 2.23. The number of aromatic nitrogens is 1. The molecule has 0 amide bonds. The summed E-state index contributed by atoms with van der Waals surface area (Å²) in [6, 6.07) is 74.7. The Kier molecular flexibility index (Phi) is 6.93. The van der Waals surface area contributed by atoms with Crippen LogP contribution >= 0.6 is 0 Å². The van der Waals surface area contributed by atoms with Crippen molar-refractivity contribution >= 4 is 93.1 Å². The topological polar surface area (TPSA) is 21.3 Å². The Hall–Kier alpha value is -7.62. The van der Waals surface area contributed by atoms with Crippen molar-refractivity contribution in [3.05, 3.63) is 206 Å². The van der Waals surface area contributed by atoms with Gasteiger partial charge in [-0.25, -0.2) is 0 Å². The van der Waals surface area contributed by atoms with E-state index in [1.807, 2.05) is 0 Å². The lowest BCUT2D eigenvalue weighted by Gasteiger charge is -2.27. The van der Waals surface area contributed by atoms with E-state index >= 15 is 0 Å². The lowest BCUT2D eigenvalue weighted by Crippen LogP contribution is -2.10. The zero-order valence-electron chi connectivity index (χ0n) is 30.9. The standard InChI is InChI=1S/C54H34N2O/c1-2-12-35(13-3-1)39-19-10-20-42(30-39)55(49-22-11-23-51-53(49)48-32-40-17-6-7-18-41(40)33-52(48)57-51)44-27-29-46-47-28-25-37-15-8-9-21-45(37)54(47)56(50(46)34-44)43-26-24-36-14-4-5-16-38(36)31-43/h1-34H. The molecule has 12 aromatic rings. The van der Waals surface area contributed by atoms with Crippen LogP contribution in [0.1, 0.15) is 0 Å². The van der Waals surface area contributed by atoms with E-state index in [9.17, 15) is 0 Å². The summed E-state index contributed by atoms with van der Waals surface area (Å²) in [5, 5.41) is 11.9. The highest BCUT2D eigenvalue weighted by atomic mass is 16.3. The molecule has 10 aromatic carbocycles. The van der Waals surface area contributed by atoms with Gasteiger partial charge in [-0.2, -0.15) is 0 Å². The van der Waals surface area contributed by atoms with Crippen LogP contribution in [-0.4, -0.2) is 4.57 Å². The van der Waals surface area contributed by atoms with Gasteiger partial charge in [0.1, 0.15) is 11.2 Å². The van der Waals surface area contributed by atoms with Crippen molar-refractivity contribution in [1.29, 1.82) is 0 Å². The van der Waals surface area contributed by atoms with Crippen molar-refractivity contribution in [2.75, 3.05) is 4.90 Å². The minimum atomic E-state index is 0.861. The SMILES string of the molecule is c1ccc(-c2cccc(N(c3ccc4c5ccc6ccccc6c5n(-c5ccc6ccccc6c5)c4c3)c3cccc4oc5cc6ccccc6cc5c34)c2)cc1. The van der Waals surface area contributed by atoms with E-state index in [1.165, 1.54) is 48.8 Å². The number of nitrogens with zero attached hydrogens (tertiary/aromatic N) is 2. The summed E-state index contributed by atoms with van der Waals surface area (Å²) in [4.78, 5) is 2.42. The molecule has 0 radical (unpaired) electrons. The van der Waals surface area contributed by atoms with Crippen molar-refractivity contribution in [2.24, 2.45) is 0 Å². The minimum absolute atomic E-state index is 0.861. The van der Waals surface area contributed by atoms with Gasteiger partial charge in [0.25, 0.3) is 0 Å². The molecule has 2 aromatic heterocycles. The molecule has 3 nitrogen and oxygen atoms in total. The first-order chi connectivity index (χ1) is 28.2. The molecule has 0 N–H and O–H groups in total. The van der Waals surface area contributed by atoms with Gasteiger partial charge in [0.2, 0.25) is 0 Å². The zero-order valence-corrected chi connectivity index (χ0v) is 30.9. The fraction of sp³-hybridized carbons (Fsp3) is 0. The molecule has 0 atom stereocenters. The molecule has 0 aliphatic heterocycles. The number of fused-ring (bicyclic) bond motifs is 10. The maximum absolute atomic E-state index is 6.65. The fourth-order valence-corrected chi connectivity index (χ4v) is 9.05.